The Labute approximate surface area is 91.8 Å². The van der Waals surface area contributed by atoms with E-state index in [1.54, 1.807) is 0 Å². The van der Waals surface area contributed by atoms with E-state index in [1.165, 1.54) is 0 Å². The van der Waals surface area contributed by atoms with Gasteiger partial charge >= 0.3 is 6.92 Å². The molecule has 1 aliphatic rings. The van der Waals surface area contributed by atoms with Crippen LogP contribution in [0.4, 0.5) is 0 Å². The summed E-state index contributed by atoms with van der Waals surface area (Å²) in [5.41, 5.74) is 5.89. The third-order valence-electron chi connectivity index (χ3n) is 2.90. The number of likely N-dealkylation sites (tertiary alicyclic amines) is 1. The predicted molar refractivity (Wildman–Crippen MR) is 64.4 cm³/mol. The summed E-state index contributed by atoms with van der Waals surface area (Å²) in [6.07, 6.45) is 2.99. The van der Waals surface area contributed by atoms with Gasteiger partial charge in [0.1, 0.15) is 0 Å². The van der Waals surface area contributed by atoms with Gasteiger partial charge in [0.2, 0.25) is 0 Å². The van der Waals surface area contributed by atoms with Crippen molar-refractivity contribution in [1.29, 1.82) is 0 Å². The third-order valence-corrected chi connectivity index (χ3v) is 3.43. The normalized spacial score (nSPS) is 23.7. The molecule has 0 bridgehead atoms. The van der Waals surface area contributed by atoms with Crippen molar-refractivity contribution < 1.29 is 5.02 Å². The Morgan fingerprint density at radius 1 is 1.79 bits per heavy atom. The van der Waals surface area contributed by atoms with Crippen LogP contribution in [-0.4, -0.2) is 40.4 Å². The van der Waals surface area contributed by atoms with Crippen LogP contribution < -0.4 is 5.73 Å². The fourth-order valence-corrected chi connectivity index (χ4v) is 2.35. The summed E-state index contributed by atoms with van der Waals surface area (Å²) in [4.78, 5) is 2.92. The lowest BCUT2D eigenvalue weighted by Crippen LogP contribution is -2.49. The van der Waals surface area contributed by atoms with Gasteiger partial charge in [-0.25, -0.2) is 0 Å². The molecular formula is C9H19BN2OS. The molecule has 3 N–H and O–H groups in total. The molecule has 1 saturated heterocycles. The molecule has 3 nitrogen and oxygen atoms in total. The van der Waals surface area contributed by atoms with Crippen molar-refractivity contribution >= 4 is 24.1 Å². The molecule has 80 valence electrons. The van der Waals surface area contributed by atoms with Gasteiger partial charge in [-0.15, -0.1) is 0 Å². The van der Waals surface area contributed by atoms with Gasteiger partial charge in [-0.05, 0) is 19.3 Å². The van der Waals surface area contributed by atoms with Crippen LogP contribution in [0.2, 0.25) is 6.82 Å². The van der Waals surface area contributed by atoms with Crippen LogP contribution in [0.15, 0.2) is 0 Å². The molecule has 0 saturated carbocycles. The minimum atomic E-state index is -0.320. The zero-order valence-corrected chi connectivity index (χ0v) is 9.76. The summed E-state index contributed by atoms with van der Waals surface area (Å²) in [6.45, 7) is 4.48. The second-order valence-corrected chi connectivity index (χ2v) is 4.41. The maximum absolute atomic E-state index is 9.58. The Hall–Kier alpha value is -0.125. The number of nitrogens with zero attached hydrogens (tertiary/aromatic N) is 1. The second-order valence-electron chi connectivity index (χ2n) is 4.00. The molecule has 1 heterocycles. The minimum Gasteiger partial charge on any atom is -0.449 e. The van der Waals surface area contributed by atoms with E-state index in [-0.39, 0.29) is 18.9 Å². The van der Waals surface area contributed by atoms with Gasteiger partial charge in [0.25, 0.3) is 0 Å². The van der Waals surface area contributed by atoms with Gasteiger partial charge < -0.3 is 15.7 Å². The Kier molecular flexibility index (Phi) is 4.35. The van der Waals surface area contributed by atoms with E-state index < -0.39 is 0 Å². The highest BCUT2D eigenvalue weighted by Crippen LogP contribution is 2.20. The number of hydrogen-bond donors (Lipinski definition) is 2. The van der Waals surface area contributed by atoms with Crippen molar-refractivity contribution in [2.45, 2.75) is 45.0 Å². The number of thiocarbonyl (C=S) groups is 1. The highest BCUT2D eigenvalue weighted by molar-refractivity contribution is 7.80. The molecule has 14 heavy (non-hydrogen) atoms. The predicted octanol–water partition coefficient (Wildman–Crippen LogP) is 0.668. The van der Waals surface area contributed by atoms with Gasteiger partial charge in [0.05, 0.1) is 11.0 Å². The second kappa shape index (κ2) is 5.10. The van der Waals surface area contributed by atoms with E-state index in [0.29, 0.717) is 0 Å². The molecule has 5 heteroatoms. The monoisotopic (exact) mass is 214 g/mol. The molecule has 0 aliphatic carbocycles. The first kappa shape index (κ1) is 11.9. The lowest BCUT2D eigenvalue weighted by molar-refractivity contribution is 0.422. The first-order valence-electron chi connectivity index (χ1n) is 5.32. The summed E-state index contributed by atoms with van der Waals surface area (Å²) in [7, 11) is 0. The molecular weight excluding hydrogens is 195 g/mol. The van der Waals surface area contributed by atoms with E-state index in [2.05, 4.69) is 4.90 Å². The van der Waals surface area contributed by atoms with Gasteiger partial charge in [-0.2, -0.15) is 0 Å². The Morgan fingerprint density at radius 3 is 2.93 bits per heavy atom. The van der Waals surface area contributed by atoms with Crippen molar-refractivity contribution in [1.82, 2.24) is 4.90 Å². The van der Waals surface area contributed by atoms with Crippen LogP contribution in [0.1, 0.15) is 26.2 Å². The molecule has 0 spiro atoms. The van der Waals surface area contributed by atoms with Crippen molar-refractivity contribution in [2.75, 3.05) is 6.54 Å². The number of nitrogens with two attached hydrogens (primary N) is 1. The maximum atomic E-state index is 9.58. The van der Waals surface area contributed by atoms with Crippen LogP contribution in [0.5, 0.6) is 0 Å². The van der Waals surface area contributed by atoms with E-state index in [1.807, 2.05) is 13.7 Å². The van der Waals surface area contributed by atoms with Crippen LogP contribution in [-0.2, 0) is 0 Å². The average Bonchev–Trinajstić information content (AvgIpc) is 2.63. The molecule has 0 aromatic rings. The van der Waals surface area contributed by atoms with E-state index in [4.69, 9.17) is 18.0 Å². The van der Waals surface area contributed by atoms with Gasteiger partial charge in [-0.3, -0.25) is 0 Å². The molecule has 1 rings (SSSR count). The zero-order valence-electron chi connectivity index (χ0n) is 8.94. The number of rotatable bonds is 3. The van der Waals surface area contributed by atoms with Crippen LogP contribution >= 0.6 is 12.2 Å². The van der Waals surface area contributed by atoms with Crippen molar-refractivity contribution in [3.8, 4) is 0 Å². The molecule has 1 fully saturated rings. The van der Waals surface area contributed by atoms with Crippen molar-refractivity contribution in [3.63, 3.8) is 0 Å². The largest absolute Gasteiger partial charge is 0.449 e. The molecule has 0 aromatic heterocycles. The lowest BCUT2D eigenvalue weighted by atomic mass is 9.62. The van der Waals surface area contributed by atoms with Gasteiger partial charge in [-0.1, -0.05) is 26.0 Å². The first-order valence-corrected chi connectivity index (χ1v) is 5.72. The summed E-state index contributed by atoms with van der Waals surface area (Å²) < 4.78 is 0. The summed E-state index contributed by atoms with van der Waals surface area (Å²) in [5, 5.41) is 9.58. The summed E-state index contributed by atoms with van der Waals surface area (Å²) >= 11 is 5.32. The van der Waals surface area contributed by atoms with Crippen LogP contribution in [0.3, 0.4) is 0 Å². The highest BCUT2D eigenvalue weighted by Gasteiger charge is 2.33. The topological polar surface area (TPSA) is 49.5 Å². The molecule has 0 amide bonds. The fourth-order valence-electron chi connectivity index (χ4n) is 1.96. The first-order chi connectivity index (χ1) is 6.57. The lowest BCUT2D eigenvalue weighted by Gasteiger charge is -2.30. The molecule has 0 radical (unpaired) electrons. The van der Waals surface area contributed by atoms with E-state index >= 15 is 0 Å². The van der Waals surface area contributed by atoms with Gasteiger partial charge in [0, 0.05) is 12.5 Å². The van der Waals surface area contributed by atoms with Crippen LogP contribution in [0.25, 0.3) is 0 Å². The molecule has 1 aliphatic heterocycles. The van der Waals surface area contributed by atoms with E-state index in [0.717, 1.165) is 30.8 Å². The highest BCUT2D eigenvalue weighted by atomic mass is 32.1. The minimum absolute atomic E-state index is 0.0376. The Morgan fingerprint density at radius 2 is 2.43 bits per heavy atom. The molecule has 2 atom stereocenters. The van der Waals surface area contributed by atoms with Crippen LogP contribution in [0, 0.1) is 0 Å². The quantitative estimate of drug-likeness (QED) is 0.535. The van der Waals surface area contributed by atoms with Gasteiger partial charge in [0.15, 0.2) is 0 Å². The maximum Gasteiger partial charge on any atom is 0.309 e. The Bertz CT molecular complexity index is 213. The summed E-state index contributed by atoms with van der Waals surface area (Å²) in [5.74, 6) is 0.181. The van der Waals surface area contributed by atoms with Crippen molar-refractivity contribution in [2.24, 2.45) is 5.73 Å². The van der Waals surface area contributed by atoms with Crippen molar-refractivity contribution in [3.05, 3.63) is 0 Å². The average molecular weight is 214 g/mol. The smallest absolute Gasteiger partial charge is 0.309 e. The fraction of sp³-hybridized carbons (Fsp3) is 0.889. The number of hydrogen-bond acceptors (Lipinski definition) is 3. The molecule has 0 aromatic carbocycles. The van der Waals surface area contributed by atoms with E-state index in [9.17, 15) is 5.02 Å². The summed E-state index contributed by atoms with van der Waals surface area (Å²) in [6, 6.07) is -0.0376. The Balaban J connectivity index is 2.62. The SMILES string of the molecule is CC[C@H](N)C(=S)N1CCC[C@H]1B(C)O. The third kappa shape index (κ3) is 2.46. The molecule has 0 unspecified atom stereocenters. The standard InChI is InChI=1S/C9H19BN2OS/c1-3-7(11)9(14)12-6-4-5-8(12)10(2)13/h7-8,13H,3-6,11H2,1-2H3/t7-,8-/m0/s1. The zero-order chi connectivity index (χ0) is 10.7.